The minimum atomic E-state index is 0.548. The Balaban J connectivity index is 1.37. The molecule has 0 amide bonds. The van der Waals surface area contributed by atoms with Crippen molar-refractivity contribution in [2.75, 3.05) is 20.1 Å². The van der Waals surface area contributed by atoms with Crippen LogP contribution in [-0.2, 0) is 6.54 Å². The molecule has 132 valence electrons. The molecule has 2 fully saturated rings. The molecule has 1 N–H and O–H groups in total. The lowest BCUT2D eigenvalue weighted by molar-refractivity contribution is 0.309. The highest BCUT2D eigenvalue weighted by molar-refractivity contribution is 5.80. The number of likely N-dealkylation sites (tertiary alicyclic amines) is 1. The normalized spacial score (nSPS) is 19.7. The first kappa shape index (κ1) is 16.2. The van der Waals surface area contributed by atoms with Gasteiger partial charge in [0.2, 0.25) is 5.89 Å². The molecule has 1 aromatic carbocycles. The number of guanidine groups is 1. The van der Waals surface area contributed by atoms with Gasteiger partial charge >= 0.3 is 0 Å². The zero-order valence-corrected chi connectivity index (χ0v) is 14.9. The van der Waals surface area contributed by atoms with E-state index in [1.165, 1.54) is 32.1 Å². The van der Waals surface area contributed by atoms with Crippen LogP contribution < -0.4 is 5.32 Å². The molecule has 1 saturated carbocycles. The van der Waals surface area contributed by atoms with Crippen LogP contribution >= 0.6 is 0 Å². The van der Waals surface area contributed by atoms with Gasteiger partial charge in [-0.3, -0.25) is 4.99 Å². The Morgan fingerprint density at radius 2 is 2.04 bits per heavy atom. The number of hydrogen-bond acceptors (Lipinski definition) is 3. The fourth-order valence-corrected chi connectivity index (χ4v) is 4.25. The van der Waals surface area contributed by atoms with Gasteiger partial charge in [0.25, 0.3) is 0 Å². The zero-order chi connectivity index (χ0) is 17.1. The third-order valence-corrected chi connectivity index (χ3v) is 5.61. The van der Waals surface area contributed by atoms with Crippen molar-refractivity contribution in [3.8, 4) is 11.5 Å². The van der Waals surface area contributed by atoms with Gasteiger partial charge in [0.1, 0.15) is 6.26 Å². The lowest BCUT2D eigenvalue weighted by Gasteiger charge is -2.25. The van der Waals surface area contributed by atoms with Crippen LogP contribution in [0.2, 0.25) is 0 Å². The summed E-state index contributed by atoms with van der Waals surface area (Å²) in [5, 5.41) is 3.45. The molecule has 1 aliphatic carbocycles. The summed E-state index contributed by atoms with van der Waals surface area (Å²) >= 11 is 0. The van der Waals surface area contributed by atoms with Gasteiger partial charge in [-0.25, -0.2) is 4.98 Å². The summed E-state index contributed by atoms with van der Waals surface area (Å²) in [5.74, 6) is 1.64. The van der Waals surface area contributed by atoms with Crippen LogP contribution in [0.5, 0.6) is 0 Å². The predicted molar refractivity (Wildman–Crippen MR) is 99.2 cm³/mol. The lowest BCUT2D eigenvalue weighted by atomic mass is 9.86. The number of hydrogen-bond donors (Lipinski definition) is 1. The molecule has 0 unspecified atom stereocenters. The van der Waals surface area contributed by atoms with E-state index in [-0.39, 0.29) is 0 Å². The predicted octanol–water partition coefficient (Wildman–Crippen LogP) is 3.68. The average molecular weight is 338 g/mol. The number of nitrogens with one attached hydrogen (secondary N) is 1. The Kier molecular flexibility index (Phi) is 4.47. The van der Waals surface area contributed by atoms with Crippen molar-refractivity contribution in [2.45, 2.75) is 38.6 Å². The number of oxazole rings is 1. The quantitative estimate of drug-likeness (QED) is 0.685. The average Bonchev–Trinajstić information content (AvgIpc) is 3.39. The second-order valence-corrected chi connectivity index (χ2v) is 7.29. The van der Waals surface area contributed by atoms with Crippen molar-refractivity contribution >= 4 is 5.96 Å². The highest BCUT2D eigenvalue weighted by Crippen LogP contribution is 2.45. The second-order valence-electron chi connectivity index (χ2n) is 7.29. The molecule has 2 heterocycles. The molecule has 0 bridgehead atoms. The Labute approximate surface area is 149 Å². The molecule has 25 heavy (non-hydrogen) atoms. The molecule has 1 aromatic heterocycles. The number of nitrogens with zero attached hydrogens (tertiary/aromatic N) is 3. The van der Waals surface area contributed by atoms with Crippen LogP contribution in [0.1, 0.15) is 37.8 Å². The van der Waals surface area contributed by atoms with E-state index in [0.29, 0.717) is 17.9 Å². The van der Waals surface area contributed by atoms with Gasteiger partial charge in [-0.05, 0) is 36.8 Å². The smallest absolute Gasteiger partial charge is 0.226 e. The summed E-state index contributed by atoms with van der Waals surface area (Å²) in [6.45, 7) is 2.88. The SMILES string of the molecule is CN=C(NCc1coc(-c2ccccc2)n1)N1CCC2(CCCC2)C1. The second kappa shape index (κ2) is 6.90. The van der Waals surface area contributed by atoms with E-state index < -0.39 is 0 Å². The van der Waals surface area contributed by atoms with Crippen LogP contribution in [0.15, 0.2) is 46.0 Å². The van der Waals surface area contributed by atoms with Crippen molar-refractivity contribution < 1.29 is 4.42 Å². The van der Waals surface area contributed by atoms with Crippen molar-refractivity contribution in [2.24, 2.45) is 10.4 Å². The van der Waals surface area contributed by atoms with Crippen LogP contribution in [0.25, 0.3) is 11.5 Å². The molecule has 0 radical (unpaired) electrons. The highest BCUT2D eigenvalue weighted by atomic mass is 16.3. The topological polar surface area (TPSA) is 53.7 Å². The van der Waals surface area contributed by atoms with Gasteiger partial charge in [-0.2, -0.15) is 0 Å². The molecule has 1 spiro atoms. The first-order valence-corrected chi connectivity index (χ1v) is 9.23. The summed E-state index contributed by atoms with van der Waals surface area (Å²) in [6, 6.07) is 9.99. The first-order chi connectivity index (χ1) is 12.3. The maximum atomic E-state index is 5.61. The third-order valence-electron chi connectivity index (χ3n) is 5.61. The molecule has 5 nitrogen and oxygen atoms in total. The minimum absolute atomic E-state index is 0.548. The lowest BCUT2D eigenvalue weighted by Crippen LogP contribution is -2.40. The molecular formula is C20H26N4O. The first-order valence-electron chi connectivity index (χ1n) is 9.23. The van der Waals surface area contributed by atoms with Gasteiger partial charge in [0.05, 0.1) is 12.2 Å². The Hall–Kier alpha value is -2.30. The molecule has 2 aromatic rings. The fraction of sp³-hybridized carbons (Fsp3) is 0.500. The van der Waals surface area contributed by atoms with E-state index in [1.54, 1.807) is 6.26 Å². The number of aromatic nitrogens is 1. The molecule has 5 heteroatoms. The third kappa shape index (κ3) is 3.41. The Morgan fingerprint density at radius 1 is 1.24 bits per heavy atom. The number of benzene rings is 1. The summed E-state index contributed by atoms with van der Waals surface area (Å²) in [6.07, 6.45) is 8.57. The zero-order valence-electron chi connectivity index (χ0n) is 14.9. The molecule has 4 rings (SSSR count). The molecule has 1 aliphatic heterocycles. The standard InChI is InChI=1S/C20H26N4O/c1-21-19(24-12-11-20(15-24)9-5-6-10-20)22-13-17-14-25-18(23-17)16-7-3-2-4-8-16/h2-4,7-8,14H,5-6,9-13,15H2,1H3,(H,21,22). The van der Waals surface area contributed by atoms with Crippen molar-refractivity contribution in [1.82, 2.24) is 15.2 Å². The van der Waals surface area contributed by atoms with Crippen LogP contribution in [0, 0.1) is 5.41 Å². The van der Waals surface area contributed by atoms with Gasteiger partial charge in [0.15, 0.2) is 5.96 Å². The summed E-state index contributed by atoms with van der Waals surface area (Å²) in [7, 11) is 1.86. The van der Waals surface area contributed by atoms with Crippen molar-refractivity contribution in [1.29, 1.82) is 0 Å². The maximum absolute atomic E-state index is 5.61. The highest BCUT2D eigenvalue weighted by Gasteiger charge is 2.41. The number of aliphatic imine (C=N–C) groups is 1. The van der Waals surface area contributed by atoms with Crippen molar-refractivity contribution in [3.05, 3.63) is 42.3 Å². The molecule has 0 atom stereocenters. The van der Waals surface area contributed by atoms with Gasteiger partial charge in [-0.15, -0.1) is 0 Å². The maximum Gasteiger partial charge on any atom is 0.226 e. The van der Waals surface area contributed by atoms with Crippen LogP contribution in [-0.4, -0.2) is 36.0 Å². The van der Waals surface area contributed by atoms with Gasteiger partial charge in [-0.1, -0.05) is 31.0 Å². The van der Waals surface area contributed by atoms with Crippen LogP contribution in [0.3, 0.4) is 0 Å². The summed E-state index contributed by atoms with van der Waals surface area (Å²) < 4.78 is 5.61. The Morgan fingerprint density at radius 3 is 2.80 bits per heavy atom. The van der Waals surface area contributed by atoms with E-state index in [4.69, 9.17) is 4.42 Å². The van der Waals surface area contributed by atoms with E-state index in [9.17, 15) is 0 Å². The van der Waals surface area contributed by atoms with Gasteiger partial charge in [0, 0.05) is 25.7 Å². The van der Waals surface area contributed by atoms with Crippen LogP contribution in [0.4, 0.5) is 0 Å². The summed E-state index contributed by atoms with van der Waals surface area (Å²) in [5.41, 5.74) is 2.45. The fourth-order valence-electron chi connectivity index (χ4n) is 4.25. The molecule has 1 saturated heterocycles. The van der Waals surface area contributed by atoms with E-state index in [1.807, 2.05) is 37.4 Å². The minimum Gasteiger partial charge on any atom is -0.444 e. The van der Waals surface area contributed by atoms with Crippen molar-refractivity contribution in [3.63, 3.8) is 0 Å². The monoisotopic (exact) mass is 338 g/mol. The number of rotatable bonds is 3. The van der Waals surface area contributed by atoms with Gasteiger partial charge < -0.3 is 14.6 Å². The molecular weight excluding hydrogens is 312 g/mol. The van der Waals surface area contributed by atoms with E-state index in [2.05, 4.69) is 20.2 Å². The van der Waals surface area contributed by atoms with E-state index >= 15 is 0 Å². The molecule has 2 aliphatic rings. The Bertz CT molecular complexity index is 731. The largest absolute Gasteiger partial charge is 0.444 e. The summed E-state index contributed by atoms with van der Waals surface area (Å²) in [4.78, 5) is 11.5. The van der Waals surface area contributed by atoms with E-state index in [0.717, 1.165) is 30.3 Å².